The molecule has 7 nitrogen and oxygen atoms in total. The maximum Gasteiger partial charge on any atom is 0.328 e. The highest BCUT2D eigenvalue weighted by Crippen LogP contribution is 2.29. The Balaban J connectivity index is 1.90. The van der Waals surface area contributed by atoms with Crippen LogP contribution in [0.4, 0.5) is 10.8 Å². The minimum atomic E-state index is -0.640. The molecule has 0 radical (unpaired) electrons. The van der Waals surface area contributed by atoms with Crippen LogP contribution in [0, 0.1) is 19.8 Å². The summed E-state index contributed by atoms with van der Waals surface area (Å²) >= 11 is 2.67. The number of hydrogen-bond donors (Lipinski definition) is 2. The van der Waals surface area contributed by atoms with Crippen LogP contribution in [0.25, 0.3) is 0 Å². The van der Waals surface area contributed by atoms with Gasteiger partial charge in [0, 0.05) is 5.69 Å². The second kappa shape index (κ2) is 10.4. The molecule has 0 bridgehead atoms. The SMILES string of the molecule is CC[C@@H](C)[C@H](NC(=O)CSc1nnc(Nc2ccc(C)cc2C)s1)C(=O)OC. The molecular formula is C19H26N4O3S2. The van der Waals surface area contributed by atoms with Crippen molar-refractivity contribution in [1.82, 2.24) is 15.5 Å². The zero-order valence-corrected chi connectivity index (χ0v) is 18.4. The van der Waals surface area contributed by atoms with Crippen LogP contribution in [0.2, 0.25) is 0 Å². The van der Waals surface area contributed by atoms with E-state index in [9.17, 15) is 9.59 Å². The summed E-state index contributed by atoms with van der Waals surface area (Å²) in [7, 11) is 1.32. The summed E-state index contributed by atoms with van der Waals surface area (Å²) in [4.78, 5) is 24.1. The van der Waals surface area contributed by atoms with Crippen LogP contribution in [0.3, 0.4) is 0 Å². The maximum atomic E-state index is 12.2. The zero-order chi connectivity index (χ0) is 20.7. The summed E-state index contributed by atoms with van der Waals surface area (Å²) in [5.74, 6) is -0.512. The average molecular weight is 423 g/mol. The molecule has 2 aromatic rings. The van der Waals surface area contributed by atoms with Gasteiger partial charge >= 0.3 is 5.97 Å². The highest BCUT2D eigenvalue weighted by atomic mass is 32.2. The summed E-state index contributed by atoms with van der Waals surface area (Å²) in [6.07, 6.45) is 0.761. The zero-order valence-electron chi connectivity index (χ0n) is 16.7. The number of nitrogens with zero attached hydrogens (tertiary/aromatic N) is 2. The van der Waals surface area contributed by atoms with Crippen molar-refractivity contribution in [2.45, 2.75) is 44.5 Å². The Morgan fingerprint density at radius 1 is 1.29 bits per heavy atom. The fraction of sp³-hybridized carbons (Fsp3) is 0.474. The summed E-state index contributed by atoms with van der Waals surface area (Å²) in [6.45, 7) is 7.96. The van der Waals surface area contributed by atoms with Gasteiger partial charge in [-0.2, -0.15) is 0 Å². The predicted octanol–water partition coefficient (Wildman–Crippen LogP) is 3.69. The molecule has 28 heavy (non-hydrogen) atoms. The van der Waals surface area contributed by atoms with Crippen molar-refractivity contribution >= 4 is 45.8 Å². The van der Waals surface area contributed by atoms with Gasteiger partial charge in [-0.25, -0.2) is 4.79 Å². The Hall–Kier alpha value is -2.13. The summed E-state index contributed by atoms with van der Waals surface area (Å²) in [6, 6.07) is 5.50. The lowest BCUT2D eigenvalue weighted by Crippen LogP contribution is -2.46. The third-order valence-corrected chi connectivity index (χ3v) is 6.31. The predicted molar refractivity (Wildman–Crippen MR) is 113 cm³/mol. The van der Waals surface area contributed by atoms with Gasteiger partial charge in [-0.05, 0) is 31.4 Å². The van der Waals surface area contributed by atoms with Crippen molar-refractivity contribution in [3.05, 3.63) is 29.3 Å². The number of hydrogen-bond acceptors (Lipinski definition) is 8. The van der Waals surface area contributed by atoms with Gasteiger partial charge in [0.2, 0.25) is 11.0 Å². The van der Waals surface area contributed by atoms with E-state index in [0.29, 0.717) is 9.47 Å². The standard InChI is InChI=1S/C19H26N4O3S2/c1-6-12(3)16(17(25)26-5)21-15(24)10-27-19-23-22-18(28-19)20-14-8-7-11(2)9-13(14)4/h7-9,12,16H,6,10H2,1-5H3,(H,20,22)(H,21,24)/t12-,16+/m1/s1. The first-order chi connectivity index (χ1) is 13.3. The molecule has 1 aromatic heterocycles. The Morgan fingerprint density at radius 3 is 2.68 bits per heavy atom. The van der Waals surface area contributed by atoms with Gasteiger partial charge in [0.15, 0.2) is 4.34 Å². The number of aryl methyl sites for hydroxylation is 2. The monoisotopic (exact) mass is 422 g/mol. The number of aromatic nitrogens is 2. The minimum Gasteiger partial charge on any atom is -0.467 e. The molecule has 2 atom stereocenters. The molecule has 0 aliphatic heterocycles. The summed E-state index contributed by atoms with van der Waals surface area (Å²) in [5.41, 5.74) is 3.30. The van der Waals surface area contributed by atoms with Gasteiger partial charge in [0.05, 0.1) is 12.9 Å². The van der Waals surface area contributed by atoms with Crippen LogP contribution >= 0.6 is 23.1 Å². The van der Waals surface area contributed by atoms with E-state index in [1.807, 2.05) is 39.8 Å². The molecule has 0 fully saturated rings. The van der Waals surface area contributed by atoms with Crippen molar-refractivity contribution in [3.8, 4) is 0 Å². The van der Waals surface area contributed by atoms with E-state index in [1.54, 1.807) is 0 Å². The first-order valence-electron chi connectivity index (χ1n) is 9.01. The maximum absolute atomic E-state index is 12.2. The van der Waals surface area contributed by atoms with Crippen molar-refractivity contribution in [2.24, 2.45) is 5.92 Å². The molecular weight excluding hydrogens is 396 g/mol. The molecule has 0 spiro atoms. The molecule has 1 amide bonds. The lowest BCUT2D eigenvalue weighted by molar-refractivity contribution is -0.146. The van der Waals surface area contributed by atoms with Crippen molar-refractivity contribution in [2.75, 3.05) is 18.2 Å². The third kappa shape index (κ3) is 6.20. The van der Waals surface area contributed by atoms with E-state index < -0.39 is 12.0 Å². The molecule has 2 rings (SSSR count). The highest BCUT2D eigenvalue weighted by molar-refractivity contribution is 8.01. The van der Waals surface area contributed by atoms with Crippen LogP contribution in [0.5, 0.6) is 0 Å². The van der Waals surface area contributed by atoms with Gasteiger partial charge in [0.1, 0.15) is 6.04 Å². The minimum absolute atomic E-state index is 0.00326. The number of amides is 1. The quantitative estimate of drug-likeness (QED) is 0.470. The molecule has 1 heterocycles. The Bertz CT molecular complexity index is 825. The lowest BCUT2D eigenvalue weighted by Gasteiger charge is -2.21. The van der Waals surface area contributed by atoms with E-state index in [2.05, 4.69) is 26.9 Å². The van der Waals surface area contributed by atoms with E-state index >= 15 is 0 Å². The van der Waals surface area contributed by atoms with Gasteiger partial charge in [-0.3, -0.25) is 4.79 Å². The second-order valence-electron chi connectivity index (χ2n) is 6.56. The Labute approximate surface area is 173 Å². The number of ether oxygens (including phenoxy) is 1. The summed E-state index contributed by atoms with van der Waals surface area (Å²) < 4.78 is 5.47. The van der Waals surface area contributed by atoms with Gasteiger partial charge < -0.3 is 15.4 Å². The fourth-order valence-electron chi connectivity index (χ4n) is 2.53. The molecule has 9 heteroatoms. The van der Waals surface area contributed by atoms with Crippen LogP contribution in [-0.2, 0) is 14.3 Å². The number of anilines is 2. The second-order valence-corrected chi connectivity index (χ2v) is 8.76. The van der Waals surface area contributed by atoms with Crippen molar-refractivity contribution in [1.29, 1.82) is 0 Å². The van der Waals surface area contributed by atoms with E-state index in [-0.39, 0.29) is 17.6 Å². The van der Waals surface area contributed by atoms with E-state index in [1.165, 1.54) is 35.8 Å². The number of rotatable bonds is 9. The van der Waals surface area contributed by atoms with Gasteiger partial charge in [0.25, 0.3) is 0 Å². The highest BCUT2D eigenvalue weighted by Gasteiger charge is 2.26. The Kier molecular flexibility index (Phi) is 8.25. The molecule has 0 unspecified atom stereocenters. The van der Waals surface area contributed by atoms with Crippen LogP contribution < -0.4 is 10.6 Å². The lowest BCUT2D eigenvalue weighted by atomic mass is 9.99. The molecule has 0 saturated heterocycles. The number of carbonyl (C=O) groups is 2. The first kappa shape index (κ1) is 22.2. The number of carbonyl (C=O) groups excluding carboxylic acids is 2. The number of nitrogens with one attached hydrogen (secondary N) is 2. The van der Waals surface area contributed by atoms with Gasteiger partial charge in [-0.1, -0.05) is 61.1 Å². The van der Waals surface area contributed by atoms with Crippen molar-refractivity contribution < 1.29 is 14.3 Å². The number of methoxy groups -OCH3 is 1. The van der Waals surface area contributed by atoms with Crippen LogP contribution in [0.1, 0.15) is 31.4 Å². The normalized spacial score (nSPS) is 12.9. The molecule has 0 aliphatic rings. The third-order valence-electron chi connectivity index (χ3n) is 4.34. The average Bonchev–Trinajstić information content (AvgIpc) is 3.13. The summed E-state index contributed by atoms with van der Waals surface area (Å²) in [5, 5.41) is 14.9. The number of esters is 1. The number of benzene rings is 1. The largest absolute Gasteiger partial charge is 0.467 e. The number of thioether (sulfide) groups is 1. The molecule has 152 valence electrons. The molecule has 0 saturated carbocycles. The molecule has 2 N–H and O–H groups in total. The molecule has 0 aliphatic carbocycles. The van der Waals surface area contributed by atoms with Crippen LogP contribution in [-0.4, -0.2) is 41.0 Å². The van der Waals surface area contributed by atoms with Crippen LogP contribution in [0.15, 0.2) is 22.5 Å². The Morgan fingerprint density at radius 2 is 2.04 bits per heavy atom. The van der Waals surface area contributed by atoms with Gasteiger partial charge in [-0.15, -0.1) is 10.2 Å². The fourth-order valence-corrected chi connectivity index (χ4v) is 4.10. The van der Waals surface area contributed by atoms with E-state index in [4.69, 9.17) is 4.74 Å². The topological polar surface area (TPSA) is 93.2 Å². The van der Waals surface area contributed by atoms with E-state index in [0.717, 1.165) is 17.7 Å². The first-order valence-corrected chi connectivity index (χ1v) is 10.8. The smallest absolute Gasteiger partial charge is 0.328 e. The molecule has 1 aromatic carbocycles. The van der Waals surface area contributed by atoms with Crippen molar-refractivity contribution in [3.63, 3.8) is 0 Å².